The van der Waals surface area contributed by atoms with Gasteiger partial charge in [-0.15, -0.1) is 4.68 Å². The van der Waals surface area contributed by atoms with Crippen LogP contribution in [0.15, 0.2) is 102 Å². The number of nitrogen functional groups attached to an aromatic ring is 3. The molecule has 0 atom stereocenters. The van der Waals surface area contributed by atoms with Gasteiger partial charge in [0.25, 0.3) is 15.8 Å². The molecule has 18 nitrogen and oxygen atoms in total. The summed E-state index contributed by atoms with van der Waals surface area (Å²) >= 11 is 9.82. The number of esters is 2. The molecule has 0 unspecified atom stereocenters. The van der Waals surface area contributed by atoms with Gasteiger partial charge in [0, 0.05) is 41.3 Å². The number of nitrogens with zero attached hydrogens (tertiary/aromatic N) is 5. The highest BCUT2D eigenvalue weighted by Crippen LogP contribution is 2.22. The zero-order valence-corrected chi connectivity index (χ0v) is 41.5. The lowest BCUT2D eigenvalue weighted by atomic mass is 10.1. The molecular formula is C40H52Br3N9O9S2. The Bertz CT molecular complexity index is 2620. The molecule has 23 heteroatoms. The predicted molar refractivity (Wildman–Crippen MR) is 251 cm³/mol. The lowest BCUT2D eigenvalue weighted by molar-refractivity contribution is -0.624. The Kier molecular flexibility index (Phi) is 24.6. The van der Waals surface area contributed by atoms with Gasteiger partial charge in [-0.2, -0.15) is 5.10 Å². The minimum absolute atomic E-state index is 0. The van der Waals surface area contributed by atoms with E-state index in [2.05, 4.69) is 67.6 Å². The first-order chi connectivity index (χ1) is 28.6. The molecule has 0 bridgehead atoms. The molecule has 0 saturated carbocycles. The summed E-state index contributed by atoms with van der Waals surface area (Å²) in [4.78, 5) is 29.0. The molecule has 0 spiro atoms. The molecule has 4 heterocycles. The summed E-state index contributed by atoms with van der Waals surface area (Å²) in [7, 11) is -8.10. The molecule has 6 aromatic rings. The van der Waals surface area contributed by atoms with Crippen LogP contribution < -0.4 is 26.9 Å². The van der Waals surface area contributed by atoms with Crippen LogP contribution in [0.3, 0.4) is 0 Å². The number of nitrogens with one attached hydrogen (secondary N) is 1. The average molecular weight is 1110 g/mol. The van der Waals surface area contributed by atoms with E-state index in [4.69, 9.17) is 22.5 Å². The number of aryl methyl sites for hydroxylation is 7. The third kappa shape index (κ3) is 21.4. The fourth-order valence-electron chi connectivity index (χ4n) is 5.26. The van der Waals surface area contributed by atoms with Crippen molar-refractivity contribution < 1.29 is 45.6 Å². The second-order valence-electron chi connectivity index (χ2n) is 13.0. The van der Waals surface area contributed by atoms with E-state index in [0.717, 1.165) is 36.0 Å². The highest BCUT2D eigenvalue weighted by Gasteiger charge is 2.18. The zero-order chi connectivity index (χ0) is 47.7. The number of fused-ring (bicyclic) bond motifs is 1. The minimum atomic E-state index is -4.33. The number of aromatic nitrogens is 5. The van der Waals surface area contributed by atoms with Crippen LogP contribution in [0.25, 0.3) is 5.65 Å². The van der Waals surface area contributed by atoms with E-state index in [1.165, 1.54) is 23.4 Å². The minimum Gasteiger partial charge on any atom is -0.744 e. The Balaban J connectivity index is 0.000000741. The van der Waals surface area contributed by atoms with Crippen molar-refractivity contribution in [1.29, 1.82) is 0 Å². The number of sulfonamides is 1. The topological polar surface area (TPSA) is 292 Å². The van der Waals surface area contributed by atoms with Gasteiger partial charge in [-0.3, -0.25) is 21.2 Å². The molecule has 0 radical (unpaired) electrons. The van der Waals surface area contributed by atoms with Gasteiger partial charge in [0.05, 0.1) is 14.3 Å². The van der Waals surface area contributed by atoms with Crippen LogP contribution in [0.2, 0.25) is 0 Å². The number of benzene rings is 2. The van der Waals surface area contributed by atoms with Crippen LogP contribution in [0, 0.1) is 48.5 Å². The number of rotatable bonds is 3. The van der Waals surface area contributed by atoms with Crippen LogP contribution in [0.5, 0.6) is 0 Å². The first kappa shape index (κ1) is 58.1. The first-order valence-electron chi connectivity index (χ1n) is 17.6. The van der Waals surface area contributed by atoms with Crippen molar-refractivity contribution >= 4 is 97.2 Å². The number of hydrogen-bond acceptors (Lipinski definition) is 15. The van der Waals surface area contributed by atoms with Crippen molar-refractivity contribution in [2.75, 3.05) is 17.3 Å². The molecule has 0 saturated heterocycles. The molecule has 0 fully saturated rings. The van der Waals surface area contributed by atoms with Gasteiger partial charge in [0.15, 0.2) is 5.65 Å². The monoisotopic (exact) mass is 1100 g/mol. The fraction of sp³-hybridized carbons (Fsp3) is 0.250. The van der Waals surface area contributed by atoms with Crippen molar-refractivity contribution in [3.8, 4) is 0 Å². The summed E-state index contributed by atoms with van der Waals surface area (Å²) in [6.45, 7) is 14.7. The molecule has 0 aliphatic heterocycles. The predicted octanol–water partition coefficient (Wildman–Crippen LogP) is 6.79. The molecule has 6 rings (SSSR count). The number of nitrogens with two attached hydrogens (primary N) is 3. The lowest BCUT2D eigenvalue weighted by Crippen LogP contribution is -2.46. The lowest BCUT2D eigenvalue weighted by Gasteiger charge is -2.14. The number of anilines is 2. The van der Waals surface area contributed by atoms with Gasteiger partial charge in [-0.1, -0.05) is 47.7 Å². The SMILES string of the molecule is C.CC(=O)OC(C)=O.Cc1cc(C)c(S(=O)(=O)NO)c(C)c1.Cc1cc(C)c(S(=O)(=O)[O-])c(C)c1.Cc1nc2ccc(Br)cn2n1.Nc1ccc(Br)c[n+]1N.Nc1ccc(Br)cn1. The molecule has 4 aromatic heterocycles. The largest absolute Gasteiger partial charge is 0.744 e. The van der Waals surface area contributed by atoms with Crippen molar-refractivity contribution in [1.82, 2.24) is 24.5 Å². The van der Waals surface area contributed by atoms with E-state index >= 15 is 0 Å². The third-order valence-electron chi connectivity index (χ3n) is 7.26. The Morgan fingerprint density at radius 1 is 0.762 bits per heavy atom. The summed E-state index contributed by atoms with van der Waals surface area (Å²) in [5, 5.41) is 12.7. The molecule has 8 N–H and O–H groups in total. The standard InChI is InChI=1S/C9H13NO3S.C9H12O3S.C7H6BrN3.C5H6BrN3.C5H5BrN2.C4H6O3.CH4/c1-6-4-7(2)9(8(3)5-6)14(12,13)10-11;1-6-4-7(2)9(8(3)5-6)13(10,11)12;1-5-9-7-3-2-6(8)4-11(7)10-5;6-4-1-2-5(7)9(8)3-4;6-4-1-2-5(7)8-3-4;1-3(5)7-4(2)6;/h4-5,10-11H,1-3H3;4-5H,1-3H3,(H,10,11,12);2-4H,1H3;1-3,7H,8H2;1-3H,(H2,7,8);1-2H3;1H4. The van der Waals surface area contributed by atoms with Crippen LogP contribution in [-0.2, 0) is 34.5 Å². The molecule has 2 aromatic carbocycles. The van der Waals surface area contributed by atoms with E-state index in [9.17, 15) is 31.0 Å². The van der Waals surface area contributed by atoms with Gasteiger partial charge in [0.1, 0.15) is 28.0 Å². The normalized spacial score (nSPS) is 10.3. The first-order valence-corrected chi connectivity index (χ1v) is 22.9. The fourth-order valence-corrected chi connectivity index (χ4v) is 8.13. The van der Waals surface area contributed by atoms with E-state index in [1.54, 1.807) is 81.0 Å². The molecule has 63 heavy (non-hydrogen) atoms. The smallest absolute Gasteiger partial charge is 0.310 e. The molecule has 344 valence electrons. The van der Waals surface area contributed by atoms with Crippen LogP contribution >= 0.6 is 47.8 Å². The number of carbonyl (C=O) groups excluding carboxylic acids is 2. The maximum Gasteiger partial charge on any atom is 0.310 e. The molecule has 0 aliphatic carbocycles. The van der Waals surface area contributed by atoms with Crippen LogP contribution in [0.1, 0.15) is 60.5 Å². The van der Waals surface area contributed by atoms with E-state index in [-0.39, 0.29) is 17.2 Å². The highest BCUT2D eigenvalue weighted by molar-refractivity contribution is 9.11. The summed E-state index contributed by atoms with van der Waals surface area (Å²) in [5.41, 5.74) is 15.8. The maximum atomic E-state index is 11.4. The van der Waals surface area contributed by atoms with Crippen molar-refractivity contribution in [2.45, 2.75) is 79.5 Å². The number of carbonyl (C=O) groups is 2. The average Bonchev–Trinajstić information content (AvgIpc) is 3.49. The highest BCUT2D eigenvalue weighted by atomic mass is 79.9. The van der Waals surface area contributed by atoms with Gasteiger partial charge in [0.2, 0.25) is 0 Å². The Hall–Kier alpha value is -4.88. The van der Waals surface area contributed by atoms with Gasteiger partial charge >= 0.3 is 11.9 Å². The quantitative estimate of drug-likeness (QED) is 0.0305. The van der Waals surface area contributed by atoms with Crippen LogP contribution in [-0.4, -0.2) is 58.1 Å². The van der Waals surface area contributed by atoms with E-state index in [1.807, 2.05) is 51.2 Å². The Labute approximate surface area is 393 Å². The van der Waals surface area contributed by atoms with E-state index in [0.29, 0.717) is 33.9 Å². The summed E-state index contributed by atoms with van der Waals surface area (Å²) in [6.07, 6.45) is 5.24. The molecular weight excluding hydrogens is 1050 g/mol. The zero-order valence-electron chi connectivity index (χ0n) is 35.1. The van der Waals surface area contributed by atoms with Gasteiger partial charge in [-0.25, -0.2) is 31.3 Å². The van der Waals surface area contributed by atoms with Gasteiger partial charge in [-0.05, 0) is 149 Å². The maximum absolute atomic E-state index is 11.4. The summed E-state index contributed by atoms with van der Waals surface area (Å²) < 4.78 is 65.2. The van der Waals surface area contributed by atoms with Gasteiger partial charge < -0.3 is 20.2 Å². The number of hydrogen-bond donors (Lipinski definition) is 5. The summed E-state index contributed by atoms with van der Waals surface area (Å²) in [5.74, 6) is 6.14. The third-order valence-corrected chi connectivity index (χ3v) is 11.2. The number of halogens is 3. The van der Waals surface area contributed by atoms with Crippen molar-refractivity contribution in [2.24, 2.45) is 0 Å². The van der Waals surface area contributed by atoms with Crippen molar-refractivity contribution in [3.05, 3.63) is 132 Å². The molecule has 0 aliphatic rings. The van der Waals surface area contributed by atoms with Crippen molar-refractivity contribution in [3.63, 3.8) is 0 Å². The van der Waals surface area contributed by atoms with E-state index < -0.39 is 32.1 Å². The Morgan fingerprint density at radius 3 is 1.59 bits per heavy atom. The Morgan fingerprint density at radius 2 is 1.22 bits per heavy atom. The van der Waals surface area contributed by atoms with Crippen LogP contribution in [0.4, 0.5) is 11.6 Å². The number of ether oxygens (including phenoxy) is 1. The summed E-state index contributed by atoms with van der Waals surface area (Å²) in [6, 6.07) is 17.9. The second-order valence-corrected chi connectivity index (χ2v) is 18.6. The number of pyridine rings is 3. The molecule has 0 amide bonds. The second kappa shape index (κ2) is 26.7.